The van der Waals surface area contributed by atoms with E-state index in [1.807, 2.05) is 0 Å². The number of rotatable bonds is 5. The molecule has 0 saturated carbocycles. The first-order valence-corrected chi connectivity index (χ1v) is 7.43. The zero-order chi connectivity index (χ0) is 13.8. The van der Waals surface area contributed by atoms with Crippen LogP contribution in [0.5, 0.6) is 0 Å². The normalized spacial score (nSPS) is 11.0. The van der Waals surface area contributed by atoms with Crippen LogP contribution in [0.4, 0.5) is 11.4 Å². The van der Waals surface area contributed by atoms with E-state index in [9.17, 15) is 13.2 Å². The third-order valence-electron chi connectivity index (χ3n) is 2.33. The number of nitrogens with two attached hydrogens (primary N) is 1. The Labute approximate surface area is 106 Å². The number of nitrogen functional groups attached to an aromatic ring is 1. The quantitative estimate of drug-likeness (QED) is 0.659. The fourth-order valence-electron chi connectivity index (χ4n) is 1.37. The highest BCUT2D eigenvalue weighted by atomic mass is 32.2. The highest BCUT2D eigenvalue weighted by Gasteiger charge is 2.07. The Morgan fingerprint density at radius 3 is 2.61 bits per heavy atom. The number of benzene rings is 1. The van der Waals surface area contributed by atoms with Gasteiger partial charge in [0.2, 0.25) is 0 Å². The van der Waals surface area contributed by atoms with Crippen LogP contribution in [0.3, 0.4) is 0 Å². The van der Waals surface area contributed by atoms with Crippen molar-refractivity contribution >= 4 is 27.1 Å². The predicted octanol–water partition coefficient (Wildman–Crippen LogP) is 0.0849. The zero-order valence-electron chi connectivity index (χ0n) is 10.4. The Hall–Kier alpha value is -1.76. The molecule has 0 aliphatic heterocycles. The molecular formula is C11H17N3O3S. The number of carbonyl (C=O) groups excluding carboxylic acids is 1. The minimum Gasteiger partial charge on any atom is -0.397 e. The third kappa shape index (κ3) is 4.25. The molecule has 0 fully saturated rings. The van der Waals surface area contributed by atoms with E-state index in [4.69, 9.17) is 5.73 Å². The molecule has 7 heteroatoms. The van der Waals surface area contributed by atoms with E-state index in [0.29, 0.717) is 16.9 Å². The molecular weight excluding hydrogens is 254 g/mol. The van der Waals surface area contributed by atoms with Crippen LogP contribution in [-0.2, 0) is 9.84 Å². The molecule has 100 valence electrons. The molecule has 0 unspecified atom stereocenters. The van der Waals surface area contributed by atoms with Gasteiger partial charge in [-0.2, -0.15) is 0 Å². The summed E-state index contributed by atoms with van der Waals surface area (Å²) < 4.78 is 22.0. The van der Waals surface area contributed by atoms with Crippen LogP contribution in [0, 0.1) is 0 Å². The minimum atomic E-state index is -3.02. The number of carbonyl (C=O) groups is 1. The molecule has 0 aliphatic carbocycles. The fourth-order valence-corrected chi connectivity index (χ4v) is 1.84. The van der Waals surface area contributed by atoms with E-state index in [1.165, 1.54) is 13.3 Å². The van der Waals surface area contributed by atoms with Crippen molar-refractivity contribution < 1.29 is 13.2 Å². The summed E-state index contributed by atoms with van der Waals surface area (Å²) in [5, 5.41) is 5.41. The van der Waals surface area contributed by atoms with Crippen molar-refractivity contribution in [1.29, 1.82) is 0 Å². The lowest BCUT2D eigenvalue weighted by atomic mass is 10.1. The molecule has 0 aliphatic rings. The van der Waals surface area contributed by atoms with Gasteiger partial charge in [-0.1, -0.05) is 0 Å². The van der Waals surface area contributed by atoms with E-state index >= 15 is 0 Å². The van der Waals surface area contributed by atoms with Crippen LogP contribution in [0.15, 0.2) is 18.2 Å². The Bertz CT molecular complexity index is 540. The summed E-state index contributed by atoms with van der Waals surface area (Å²) in [4.78, 5) is 11.4. The number of sulfone groups is 1. The molecule has 0 heterocycles. The van der Waals surface area contributed by atoms with Gasteiger partial charge in [-0.15, -0.1) is 0 Å². The number of hydrogen-bond acceptors (Lipinski definition) is 5. The van der Waals surface area contributed by atoms with Crippen molar-refractivity contribution in [3.63, 3.8) is 0 Å². The monoisotopic (exact) mass is 271 g/mol. The summed E-state index contributed by atoms with van der Waals surface area (Å²) in [7, 11) is -1.48. The second-order valence-corrected chi connectivity index (χ2v) is 6.20. The first kappa shape index (κ1) is 14.3. The summed E-state index contributed by atoms with van der Waals surface area (Å²) in [5.41, 5.74) is 7.23. The van der Waals surface area contributed by atoms with Crippen molar-refractivity contribution in [1.82, 2.24) is 5.32 Å². The van der Waals surface area contributed by atoms with E-state index in [2.05, 4.69) is 10.6 Å². The first-order chi connectivity index (χ1) is 8.33. The number of amides is 1. The van der Waals surface area contributed by atoms with Gasteiger partial charge >= 0.3 is 0 Å². The van der Waals surface area contributed by atoms with Crippen LogP contribution < -0.4 is 16.4 Å². The van der Waals surface area contributed by atoms with Crippen molar-refractivity contribution in [2.75, 3.05) is 36.7 Å². The lowest BCUT2D eigenvalue weighted by Gasteiger charge is -2.10. The molecule has 0 bridgehead atoms. The van der Waals surface area contributed by atoms with Gasteiger partial charge in [-0.25, -0.2) is 8.42 Å². The van der Waals surface area contributed by atoms with Gasteiger partial charge < -0.3 is 16.4 Å². The molecule has 1 aromatic carbocycles. The van der Waals surface area contributed by atoms with Gasteiger partial charge in [0, 0.05) is 25.4 Å². The Kier molecular flexibility index (Phi) is 4.55. The Balaban J connectivity index is 2.79. The largest absolute Gasteiger partial charge is 0.397 e. The molecule has 1 amide bonds. The lowest BCUT2D eigenvalue weighted by molar-refractivity contribution is 0.0963. The molecule has 0 saturated heterocycles. The third-order valence-corrected chi connectivity index (χ3v) is 3.28. The SMILES string of the molecule is CNC(=O)c1ccc(N)c(NCCS(C)(=O)=O)c1. The molecule has 0 atom stereocenters. The topological polar surface area (TPSA) is 101 Å². The summed E-state index contributed by atoms with van der Waals surface area (Å²) >= 11 is 0. The summed E-state index contributed by atoms with van der Waals surface area (Å²) in [5.74, 6) is -0.211. The average molecular weight is 271 g/mol. The van der Waals surface area contributed by atoms with Gasteiger partial charge in [-0.3, -0.25) is 4.79 Å². The standard InChI is InChI=1S/C11H17N3O3S/c1-13-11(15)8-3-4-9(12)10(7-8)14-5-6-18(2,16)17/h3-4,7,14H,5-6,12H2,1-2H3,(H,13,15). The smallest absolute Gasteiger partial charge is 0.251 e. The lowest BCUT2D eigenvalue weighted by Crippen LogP contribution is -2.19. The second kappa shape index (κ2) is 5.72. The summed E-state index contributed by atoms with van der Waals surface area (Å²) in [6, 6.07) is 4.81. The van der Waals surface area contributed by atoms with Gasteiger partial charge in [0.25, 0.3) is 5.91 Å². The first-order valence-electron chi connectivity index (χ1n) is 5.36. The maximum absolute atomic E-state index is 11.4. The van der Waals surface area contributed by atoms with E-state index in [1.54, 1.807) is 18.2 Å². The van der Waals surface area contributed by atoms with E-state index < -0.39 is 9.84 Å². The highest BCUT2D eigenvalue weighted by molar-refractivity contribution is 7.90. The Morgan fingerprint density at radius 1 is 1.39 bits per heavy atom. The van der Waals surface area contributed by atoms with Gasteiger partial charge in [0.05, 0.1) is 17.1 Å². The maximum atomic E-state index is 11.4. The van der Waals surface area contributed by atoms with Gasteiger partial charge in [0.15, 0.2) is 0 Å². The second-order valence-electron chi connectivity index (χ2n) is 3.94. The van der Waals surface area contributed by atoms with Crippen LogP contribution >= 0.6 is 0 Å². The molecule has 6 nitrogen and oxygen atoms in total. The summed E-state index contributed by atoms with van der Waals surface area (Å²) in [6.07, 6.45) is 1.17. The summed E-state index contributed by atoms with van der Waals surface area (Å²) in [6.45, 7) is 0.250. The van der Waals surface area contributed by atoms with E-state index in [-0.39, 0.29) is 18.2 Å². The van der Waals surface area contributed by atoms with Crippen LogP contribution in [0.1, 0.15) is 10.4 Å². The predicted molar refractivity (Wildman–Crippen MR) is 72.4 cm³/mol. The average Bonchev–Trinajstić information content (AvgIpc) is 2.29. The van der Waals surface area contributed by atoms with Crippen LogP contribution in [-0.4, -0.2) is 39.9 Å². The minimum absolute atomic E-state index is 0.0106. The molecule has 1 rings (SSSR count). The fraction of sp³-hybridized carbons (Fsp3) is 0.364. The van der Waals surface area contributed by atoms with Crippen molar-refractivity contribution in [2.45, 2.75) is 0 Å². The molecule has 1 aromatic rings. The number of nitrogens with one attached hydrogen (secondary N) is 2. The zero-order valence-corrected chi connectivity index (χ0v) is 11.2. The molecule has 4 N–H and O–H groups in total. The van der Waals surface area contributed by atoms with Crippen LogP contribution in [0.2, 0.25) is 0 Å². The Morgan fingerprint density at radius 2 is 2.06 bits per heavy atom. The maximum Gasteiger partial charge on any atom is 0.251 e. The molecule has 0 aromatic heterocycles. The van der Waals surface area contributed by atoms with E-state index in [0.717, 1.165) is 0 Å². The van der Waals surface area contributed by atoms with Crippen molar-refractivity contribution in [3.05, 3.63) is 23.8 Å². The highest BCUT2D eigenvalue weighted by Crippen LogP contribution is 2.19. The molecule has 18 heavy (non-hydrogen) atoms. The van der Waals surface area contributed by atoms with Gasteiger partial charge in [0.1, 0.15) is 9.84 Å². The van der Waals surface area contributed by atoms with Crippen molar-refractivity contribution in [2.24, 2.45) is 0 Å². The van der Waals surface area contributed by atoms with Crippen LogP contribution in [0.25, 0.3) is 0 Å². The molecule has 0 radical (unpaired) electrons. The van der Waals surface area contributed by atoms with Gasteiger partial charge in [-0.05, 0) is 18.2 Å². The number of anilines is 2. The molecule has 0 spiro atoms. The van der Waals surface area contributed by atoms with Crippen molar-refractivity contribution in [3.8, 4) is 0 Å². The number of hydrogen-bond donors (Lipinski definition) is 3.